The molecule has 88 valence electrons. The first kappa shape index (κ1) is 15.6. The van der Waals surface area contributed by atoms with Crippen molar-refractivity contribution in [1.82, 2.24) is 0 Å². The van der Waals surface area contributed by atoms with Gasteiger partial charge in [0, 0.05) is 0 Å². The predicted octanol–water partition coefficient (Wildman–Crippen LogP) is 3.20. The fourth-order valence-electron chi connectivity index (χ4n) is 1.45. The molecule has 0 saturated heterocycles. The van der Waals surface area contributed by atoms with Gasteiger partial charge in [0.25, 0.3) is 0 Å². The van der Waals surface area contributed by atoms with E-state index in [0.29, 0.717) is 0 Å². The largest absolute Gasteiger partial charge is 1.00 e. The number of rotatable bonds is 2. The summed E-state index contributed by atoms with van der Waals surface area (Å²) < 4.78 is 0. The molecule has 0 atom stereocenters. The van der Waals surface area contributed by atoms with E-state index in [4.69, 9.17) is 0 Å². The molecular formula is C14H16AuP. The van der Waals surface area contributed by atoms with Crippen LogP contribution in [0.15, 0.2) is 60.7 Å². The fourth-order valence-corrected chi connectivity index (χ4v) is 2.99. The van der Waals surface area contributed by atoms with E-state index in [-0.39, 0.29) is 37.7 Å². The maximum Gasteiger partial charge on any atom is 1.00 e. The van der Waals surface area contributed by atoms with Gasteiger partial charge in [0.1, 0.15) is 0 Å². The van der Waals surface area contributed by atoms with Crippen molar-refractivity contribution in [2.45, 2.75) is 0 Å². The van der Waals surface area contributed by atoms with Crippen molar-refractivity contribution in [3.05, 3.63) is 68.1 Å². The Kier molecular flexibility index (Phi) is 7.62. The Morgan fingerprint density at radius 3 is 1.31 bits per heavy atom. The molecule has 2 heteroatoms. The zero-order chi connectivity index (χ0) is 9.80. The molecule has 2 rings (SSSR count). The van der Waals surface area contributed by atoms with Gasteiger partial charge in [-0.05, 0) is 25.2 Å². The summed E-state index contributed by atoms with van der Waals surface area (Å²) in [6, 6.07) is 21.4. The van der Waals surface area contributed by atoms with Gasteiger partial charge in [-0.1, -0.05) is 60.7 Å². The molecule has 2 aromatic carbocycles. The molecule has 0 saturated carbocycles. The van der Waals surface area contributed by atoms with Gasteiger partial charge < -0.3 is 7.43 Å². The van der Waals surface area contributed by atoms with E-state index in [1.165, 1.54) is 10.6 Å². The van der Waals surface area contributed by atoms with Crippen molar-refractivity contribution in [3.8, 4) is 0 Å². The molecule has 2 aromatic rings. The maximum atomic E-state index is 2.31. The molecule has 0 fully saturated rings. The normalized spacial score (nSPS) is 9.12. The summed E-state index contributed by atoms with van der Waals surface area (Å²) in [5.41, 5.74) is 0. The van der Waals surface area contributed by atoms with Crippen LogP contribution in [0.1, 0.15) is 0 Å². The van der Waals surface area contributed by atoms with Crippen LogP contribution in [0.3, 0.4) is 0 Å². The van der Waals surface area contributed by atoms with E-state index in [2.05, 4.69) is 67.3 Å². The van der Waals surface area contributed by atoms with Crippen LogP contribution in [0.2, 0.25) is 0 Å². The number of hydrogen-bond donors (Lipinski definition) is 0. The van der Waals surface area contributed by atoms with Crippen LogP contribution in [-0.2, 0) is 22.4 Å². The minimum absolute atomic E-state index is 0. The van der Waals surface area contributed by atoms with Gasteiger partial charge in [-0.3, -0.25) is 0 Å². The Labute approximate surface area is 115 Å². The molecule has 0 amide bonds. The molecule has 0 aliphatic heterocycles. The van der Waals surface area contributed by atoms with Crippen molar-refractivity contribution in [2.24, 2.45) is 0 Å². The van der Waals surface area contributed by atoms with Crippen LogP contribution in [-0.4, -0.2) is 6.66 Å². The topological polar surface area (TPSA) is 0 Å². The molecule has 0 nitrogen and oxygen atoms in total. The third-order valence-corrected chi connectivity index (χ3v) is 4.43. The van der Waals surface area contributed by atoms with Crippen LogP contribution < -0.4 is 10.6 Å². The maximum absolute atomic E-state index is 2.31. The number of hydrogen-bond acceptors (Lipinski definition) is 0. The average Bonchev–Trinajstić information content (AvgIpc) is 2.30. The summed E-state index contributed by atoms with van der Waals surface area (Å²) in [4.78, 5) is 0. The Bertz CT molecular complexity index is 346. The molecule has 0 bridgehead atoms. The first-order valence-electron chi connectivity index (χ1n) is 4.72. The van der Waals surface area contributed by atoms with E-state index < -0.39 is 0 Å². The molecule has 16 heavy (non-hydrogen) atoms. The molecule has 0 spiro atoms. The zero-order valence-electron chi connectivity index (χ0n) is 9.52. The molecule has 0 aliphatic rings. The second-order valence-corrected chi connectivity index (χ2v) is 5.38. The zero-order valence-corrected chi connectivity index (χ0v) is 12.6. The van der Waals surface area contributed by atoms with Gasteiger partial charge in [0.2, 0.25) is 0 Å². The van der Waals surface area contributed by atoms with Gasteiger partial charge in [-0.25, -0.2) is 0 Å². The van der Waals surface area contributed by atoms with E-state index in [1.54, 1.807) is 0 Å². The summed E-state index contributed by atoms with van der Waals surface area (Å²) in [6.07, 6.45) is 0. The molecule has 0 aromatic heterocycles. The molecule has 0 unspecified atom stereocenters. The molecule has 0 N–H and O–H groups in total. The van der Waals surface area contributed by atoms with Crippen molar-refractivity contribution in [3.63, 3.8) is 0 Å². The minimum Gasteiger partial charge on any atom is -0.358 e. The Morgan fingerprint density at radius 1 is 0.688 bits per heavy atom. The summed E-state index contributed by atoms with van der Waals surface area (Å²) in [6.45, 7) is 2.31. The first-order chi connectivity index (χ1) is 6.88. The van der Waals surface area contributed by atoms with E-state index in [1.807, 2.05) is 0 Å². The summed E-state index contributed by atoms with van der Waals surface area (Å²) in [5.74, 6) is 0. The third kappa shape index (κ3) is 3.88. The van der Waals surface area contributed by atoms with Crippen molar-refractivity contribution >= 4 is 18.5 Å². The summed E-state index contributed by atoms with van der Waals surface area (Å²) in [7, 11) is -0.171. The third-order valence-electron chi connectivity index (χ3n) is 2.29. The summed E-state index contributed by atoms with van der Waals surface area (Å²) in [5, 5.41) is 2.88. The SMILES string of the molecule is CP(c1ccccc1)c1ccccc1.[Au+].[CH3-]. The van der Waals surface area contributed by atoms with E-state index >= 15 is 0 Å². The molecule has 0 radical (unpaired) electrons. The van der Waals surface area contributed by atoms with Gasteiger partial charge >= 0.3 is 22.4 Å². The predicted molar refractivity (Wildman–Crippen MR) is 71.4 cm³/mol. The van der Waals surface area contributed by atoms with Crippen LogP contribution in [0.5, 0.6) is 0 Å². The minimum atomic E-state index is -0.171. The van der Waals surface area contributed by atoms with Gasteiger partial charge in [0.05, 0.1) is 0 Å². The van der Waals surface area contributed by atoms with Crippen molar-refractivity contribution in [1.29, 1.82) is 0 Å². The average molecular weight is 412 g/mol. The fraction of sp³-hybridized carbons (Fsp3) is 0.0714. The molecule has 0 heterocycles. The Hall–Kier alpha value is -0.390. The first-order valence-corrected chi connectivity index (χ1v) is 6.50. The van der Waals surface area contributed by atoms with Gasteiger partial charge in [0.15, 0.2) is 0 Å². The Morgan fingerprint density at radius 2 is 1.00 bits per heavy atom. The monoisotopic (exact) mass is 412 g/mol. The van der Waals surface area contributed by atoms with Crippen molar-refractivity contribution in [2.75, 3.05) is 6.66 Å². The van der Waals surface area contributed by atoms with Crippen LogP contribution in [0.25, 0.3) is 0 Å². The quantitative estimate of drug-likeness (QED) is 0.404. The standard InChI is InChI=1S/C13H13P.CH3.Au/c1-14(12-8-4-2-5-9-12)13-10-6-3-7-11-13;;/h2-11H,1H3;1H3;/q;-1;+1. The second-order valence-electron chi connectivity index (χ2n) is 3.23. The van der Waals surface area contributed by atoms with Crippen LogP contribution in [0.4, 0.5) is 0 Å². The smallest absolute Gasteiger partial charge is 0.358 e. The molecular weight excluding hydrogens is 396 g/mol. The second kappa shape index (κ2) is 7.81. The number of benzene rings is 2. The molecule has 0 aliphatic carbocycles. The van der Waals surface area contributed by atoms with Gasteiger partial charge in [-0.2, -0.15) is 0 Å². The summed E-state index contributed by atoms with van der Waals surface area (Å²) >= 11 is 0. The van der Waals surface area contributed by atoms with Crippen LogP contribution in [0, 0.1) is 7.43 Å². The Balaban J connectivity index is 0.00000112. The van der Waals surface area contributed by atoms with Gasteiger partial charge in [-0.15, -0.1) is 0 Å². The van der Waals surface area contributed by atoms with E-state index in [0.717, 1.165) is 0 Å². The van der Waals surface area contributed by atoms with E-state index in [9.17, 15) is 0 Å². The van der Waals surface area contributed by atoms with Crippen LogP contribution >= 0.6 is 7.92 Å². The van der Waals surface area contributed by atoms with Crippen molar-refractivity contribution < 1.29 is 22.4 Å².